The molecule has 2 nitrogen and oxygen atoms in total. The van der Waals surface area contributed by atoms with E-state index in [1.807, 2.05) is 13.8 Å². The van der Waals surface area contributed by atoms with Crippen LogP contribution in [0.2, 0.25) is 0 Å². The van der Waals surface area contributed by atoms with E-state index in [1.165, 1.54) is 58.2 Å². The van der Waals surface area contributed by atoms with E-state index >= 15 is 0 Å². The second kappa shape index (κ2) is 11.9. The summed E-state index contributed by atoms with van der Waals surface area (Å²) >= 11 is 0. The highest BCUT2D eigenvalue weighted by atomic mass is 16.5. The zero-order valence-electron chi connectivity index (χ0n) is 16.2. The lowest BCUT2D eigenvalue weighted by molar-refractivity contribution is 0.0187. The molecule has 134 valence electrons. The van der Waals surface area contributed by atoms with Gasteiger partial charge < -0.3 is 9.64 Å². The topological polar surface area (TPSA) is 12.5 Å². The first-order valence-corrected chi connectivity index (χ1v) is 9.96. The third kappa shape index (κ3) is 8.77. The molecular weight excluding hydrogens is 282 g/mol. The van der Waals surface area contributed by atoms with Gasteiger partial charge in [-0.15, -0.1) is 0 Å². The Balaban J connectivity index is 0.00000127. The van der Waals surface area contributed by atoms with Crippen molar-refractivity contribution in [2.24, 2.45) is 17.8 Å². The van der Waals surface area contributed by atoms with Gasteiger partial charge in [0.25, 0.3) is 0 Å². The second-order valence-electron chi connectivity index (χ2n) is 7.41. The fraction of sp³-hybridized carbons (Fsp3) is 0.905. The van der Waals surface area contributed by atoms with Gasteiger partial charge in [0, 0.05) is 25.6 Å². The van der Waals surface area contributed by atoms with Crippen LogP contribution in [0.5, 0.6) is 0 Å². The van der Waals surface area contributed by atoms with E-state index in [2.05, 4.69) is 37.5 Å². The summed E-state index contributed by atoms with van der Waals surface area (Å²) in [6.45, 7) is 15.0. The summed E-state index contributed by atoms with van der Waals surface area (Å²) in [5.41, 5.74) is 0. The highest BCUT2D eigenvalue weighted by Gasteiger charge is 2.24. The molecule has 1 aliphatic heterocycles. The predicted octanol–water partition coefficient (Wildman–Crippen LogP) is 4.98. The van der Waals surface area contributed by atoms with Gasteiger partial charge in [-0.2, -0.15) is 0 Å². The van der Waals surface area contributed by atoms with Crippen LogP contribution in [0.15, 0.2) is 0 Å². The van der Waals surface area contributed by atoms with E-state index in [1.54, 1.807) is 0 Å². The van der Waals surface area contributed by atoms with Gasteiger partial charge in [-0.3, -0.25) is 0 Å². The fourth-order valence-corrected chi connectivity index (χ4v) is 3.54. The first-order valence-electron chi connectivity index (χ1n) is 9.96. The molecule has 2 rings (SSSR count). The quantitative estimate of drug-likeness (QED) is 0.677. The number of likely N-dealkylation sites (tertiary alicyclic amines) is 1. The summed E-state index contributed by atoms with van der Waals surface area (Å²) in [6.07, 6.45) is 8.59. The molecule has 2 aliphatic rings. The summed E-state index contributed by atoms with van der Waals surface area (Å²) in [4.78, 5) is 2.67. The molecule has 23 heavy (non-hydrogen) atoms. The molecule has 1 saturated heterocycles. The monoisotopic (exact) mass is 321 g/mol. The van der Waals surface area contributed by atoms with Gasteiger partial charge in [0.2, 0.25) is 0 Å². The number of hydrogen-bond donors (Lipinski definition) is 0. The Hall–Kier alpha value is -0.520. The van der Waals surface area contributed by atoms with Gasteiger partial charge in [0.15, 0.2) is 0 Å². The zero-order chi connectivity index (χ0) is 17.1. The Morgan fingerprint density at radius 1 is 1.00 bits per heavy atom. The second-order valence-corrected chi connectivity index (χ2v) is 7.41. The van der Waals surface area contributed by atoms with Gasteiger partial charge in [0.1, 0.15) is 6.61 Å². The van der Waals surface area contributed by atoms with Crippen molar-refractivity contribution in [3.05, 3.63) is 0 Å². The molecule has 1 saturated carbocycles. The lowest BCUT2D eigenvalue weighted by atomic mass is 9.82. The number of hydrogen-bond acceptors (Lipinski definition) is 2. The molecule has 0 radical (unpaired) electrons. The van der Waals surface area contributed by atoms with E-state index in [0.717, 1.165) is 11.8 Å². The van der Waals surface area contributed by atoms with Crippen molar-refractivity contribution in [3.63, 3.8) is 0 Å². The minimum atomic E-state index is 0.439. The number of ether oxygens (including phenoxy) is 1. The molecule has 0 aromatic rings. The highest BCUT2D eigenvalue weighted by Crippen LogP contribution is 2.29. The lowest BCUT2D eigenvalue weighted by Gasteiger charge is -2.36. The molecule has 2 heteroatoms. The van der Waals surface area contributed by atoms with Gasteiger partial charge in [0.05, 0.1) is 6.10 Å². The van der Waals surface area contributed by atoms with Crippen LogP contribution < -0.4 is 0 Å². The molecule has 0 atom stereocenters. The molecule has 0 unspecified atom stereocenters. The average molecular weight is 322 g/mol. The summed E-state index contributed by atoms with van der Waals surface area (Å²) < 4.78 is 5.89. The van der Waals surface area contributed by atoms with E-state index < -0.39 is 0 Å². The van der Waals surface area contributed by atoms with Gasteiger partial charge in [-0.1, -0.05) is 59.3 Å². The molecule has 2 fully saturated rings. The van der Waals surface area contributed by atoms with E-state index in [-0.39, 0.29) is 0 Å². The fourth-order valence-electron chi connectivity index (χ4n) is 3.54. The van der Waals surface area contributed by atoms with Crippen molar-refractivity contribution in [1.29, 1.82) is 0 Å². The van der Waals surface area contributed by atoms with Crippen LogP contribution >= 0.6 is 0 Å². The van der Waals surface area contributed by atoms with Crippen molar-refractivity contribution >= 4 is 0 Å². The van der Waals surface area contributed by atoms with Gasteiger partial charge in [-0.25, -0.2) is 0 Å². The summed E-state index contributed by atoms with van der Waals surface area (Å²) in [6, 6.07) is 0. The number of rotatable bonds is 4. The van der Waals surface area contributed by atoms with Crippen LogP contribution in [-0.4, -0.2) is 37.2 Å². The standard InChI is InChI=1S/C19H33NO.C2H6/c1-16(2)5-4-14-21-19-10-12-20(13-11-19)15-18-8-6-17(3)7-9-18;1-2/h16-19H,6-15H2,1-3H3;1-2H3. The molecule has 0 aromatic heterocycles. The summed E-state index contributed by atoms with van der Waals surface area (Å²) in [5.74, 6) is 8.67. The van der Waals surface area contributed by atoms with Crippen LogP contribution in [0.1, 0.15) is 73.1 Å². The Labute approximate surface area is 145 Å². The van der Waals surface area contributed by atoms with Crippen LogP contribution in [0.3, 0.4) is 0 Å². The third-order valence-corrected chi connectivity index (χ3v) is 4.97. The molecule has 0 bridgehead atoms. The van der Waals surface area contributed by atoms with Crippen LogP contribution in [0.4, 0.5) is 0 Å². The predicted molar refractivity (Wildman–Crippen MR) is 100 cm³/mol. The molecule has 0 aromatic carbocycles. The zero-order valence-corrected chi connectivity index (χ0v) is 16.2. The van der Waals surface area contributed by atoms with E-state index in [4.69, 9.17) is 4.74 Å². The minimum absolute atomic E-state index is 0.439. The van der Waals surface area contributed by atoms with Crippen LogP contribution in [0, 0.1) is 29.6 Å². The largest absolute Gasteiger partial charge is 0.365 e. The highest BCUT2D eigenvalue weighted by molar-refractivity contribution is 5.01. The van der Waals surface area contributed by atoms with Crippen molar-refractivity contribution in [2.75, 3.05) is 26.2 Å². The minimum Gasteiger partial charge on any atom is -0.365 e. The van der Waals surface area contributed by atoms with Crippen LogP contribution in [0.25, 0.3) is 0 Å². The Morgan fingerprint density at radius 3 is 2.17 bits per heavy atom. The maximum atomic E-state index is 5.89. The Bertz CT molecular complexity index is 339. The molecule has 0 N–H and O–H groups in total. The maximum absolute atomic E-state index is 5.89. The number of piperidine rings is 1. The summed E-state index contributed by atoms with van der Waals surface area (Å²) in [5, 5.41) is 0. The van der Waals surface area contributed by atoms with Crippen LogP contribution in [-0.2, 0) is 4.74 Å². The van der Waals surface area contributed by atoms with Crippen molar-refractivity contribution in [2.45, 2.75) is 79.2 Å². The first-order chi connectivity index (χ1) is 11.1. The van der Waals surface area contributed by atoms with Crippen molar-refractivity contribution in [3.8, 4) is 11.8 Å². The smallest absolute Gasteiger partial charge is 0.108 e. The maximum Gasteiger partial charge on any atom is 0.108 e. The van der Waals surface area contributed by atoms with E-state index in [0.29, 0.717) is 18.6 Å². The molecule has 0 amide bonds. The number of nitrogens with zero attached hydrogens (tertiary/aromatic N) is 1. The Morgan fingerprint density at radius 2 is 1.61 bits per heavy atom. The van der Waals surface area contributed by atoms with Gasteiger partial charge >= 0.3 is 0 Å². The lowest BCUT2D eigenvalue weighted by Crippen LogP contribution is -2.40. The Kier molecular flexibility index (Phi) is 10.6. The molecule has 1 heterocycles. The molecule has 1 aliphatic carbocycles. The molecule has 0 spiro atoms. The first kappa shape index (κ1) is 20.5. The van der Waals surface area contributed by atoms with Gasteiger partial charge in [-0.05, 0) is 37.5 Å². The van der Waals surface area contributed by atoms with E-state index in [9.17, 15) is 0 Å². The SMILES string of the molecule is CC.CC(C)C#CCOC1CCN(CC2CCC(C)CC2)CC1. The van der Waals surface area contributed by atoms with Crippen molar-refractivity contribution in [1.82, 2.24) is 4.90 Å². The average Bonchev–Trinajstić information content (AvgIpc) is 2.57. The van der Waals surface area contributed by atoms with Crippen molar-refractivity contribution < 1.29 is 4.74 Å². The normalized spacial score (nSPS) is 26.2. The summed E-state index contributed by atoms with van der Waals surface area (Å²) in [7, 11) is 0. The molecular formula is C21H39NO. The third-order valence-electron chi connectivity index (χ3n) is 4.97.